The monoisotopic (exact) mass is 484 g/mol. The van der Waals surface area contributed by atoms with Crippen molar-refractivity contribution in [1.82, 2.24) is 24.0 Å². The van der Waals surface area contributed by atoms with Crippen molar-refractivity contribution in [2.24, 2.45) is 14.1 Å². The third kappa shape index (κ3) is 2.69. The van der Waals surface area contributed by atoms with Crippen LogP contribution in [0.25, 0.3) is 11.2 Å². The Bertz CT molecular complexity index is 1330. The number of aryl methyl sites for hydroxylation is 1. The largest absolute Gasteiger partial charge is 0.369 e. The molecule has 9 heteroatoms. The molecule has 1 N–H and O–H groups in total. The number of nitrogens with zero attached hydrogens (tertiary/aromatic N) is 5. The number of hydrogen-bond acceptors (Lipinski definition) is 6. The second kappa shape index (κ2) is 7.00. The molecular weight excluding hydrogens is 460 g/mol. The standard InChI is InChI=1S/C22H25BrN6O2/c1-5-13(16-11-24-18-17(25-16)19(30)29(4)21(31)28(18)3)22-8-9-27(2)20(22)26-15-10-12(23)6-7-14(15)22/h6-7,10-11,13,20,26H,5,8-9H2,1-4H3. The summed E-state index contributed by atoms with van der Waals surface area (Å²) in [5.41, 5.74) is 2.79. The Balaban J connectivity index is 1.74. The number of likely N-dealkylation sites (N-methyl/N-ethyl adjacent to an activating group) is 1. The fourth-order valence-electron chi connectivity index (χ4n) is 5.63. The summed E-state index contributed by atoms with van der Waals surface area (Å²) in [6.45, 7) is 3.14. The van der Waals surface area contributed by atoms with Crippen LogP contribution >= 0.6 is 15.9 Å². The molecule has 2 aromatic heterocycles. The topological polar surface area (TPSA) is 85.0 Å². The summed E-state index contributed by atoms with van der Waals surface area (Å²) in [5.74, 6) is 0.0659. The highest BCUT2D eigenvalue weighted by molar-refractivity contribution is 9.10. The van der Waals surface area contributed by atoms with Gasteiger partial charge in [-0.25, -0.2) is 14.8 Å². The van der Waals surface area contributed by atoms with Crippen molar-refractivity contribution in [1.29, 1.82) is 0 Å². The highest BCUT2D eigenvalue weighted by Crippen LogP contribution is 2.56. The molecular formula is C22H25BrN6O2. The predicted molar refractivity (Wildman–Crippen MR) is 124 cm³/mol. The summed E-state index contributed by atoms with van der Waals surface area (Å²) in [7, 11) is 5.24. The Morgan fingerprint density at radius 2 is 2.03 bits per heavy atom. The van der Waals surface area contributed by atoms with E-state index in [9.17, 15) is 9.59 Å². The highest BCUT2D eigenvalue weighted by Gasteiger charge is 2.57. The number of rotatable bonds is 3. The lowest BCUT2D eigenvalue weighted by Crippen LogP contribution is -2.45. The fraction of sp³-hybridized carbons (Fsp3) is 0.455. The van der Waals surface area contributed by atoms with E-state index >= 15 is 0 Å². The lowest BCUT2D eigenvalue weighted by molar-refractivity contribution is 0.247. The van der Waals surface area contributed by atoms with Crippen LogP contribution in [0, 0.1) is 0 Å². The first kappa shape index (κ1) is 20.4. The molecule has 3 aromatic rings. The Hall–Kier alpha value is -2.52. The Labute approximate surface area is 188 Å². The normalized spacial score (nSPS) is 23.6. The first-order valence-corrected chi connectivity index (χ1v) is 11.3. The van der Waals surface area contributed by atoms with Gasteiger partial charge in [-0.3, -0.25) is 18.8 Å². The summed E-state index contributed by atoms with van der Waals surface area (Å²) >= 11 is 3.59. The first-order valence-electron chi connectivity index (χ1n) is 10.5. The van der Waals surface area contributed by atoms with Gasteiger partial charge in [-0.05, 0) is 37.6 Å². The number of fused-ring (bicyclic) bond motifs is 4. The molecule has 0 spiro atoms. The summed E-state index contributed by atoms with van der Waals surface area (Å²) in [5, 5.41) is 3.72. The summed E-state index contributed by atoms with van der Waals surface area (Å²) in [6, 6.07) is 6.42. The molecule has 162 valence electrons. The number of benzene rings is 1. The molecule has 3 atom stereocenters. The van der Waals surface area contributed by atoms with E-state index in [1.54, 1.807) is 13.2 Å². The van der Waals surface area contributed by atoms with Crippen LogP contribution in [0.1, 0.15) is 36.9 Å². The van der Waals surface area contributed by atoms with Crippen molar-refractivity contribution in [3.05, 3.63) is 61.0 Å². The molecule has 0 radical (unpaired) electrons. The van der Waals surface area contributed by atoms with Gasteiger partial charge in [-0.15, -0.1) is 0 Å². The lowest BCUT2D eigenvalue weighted by Gasteiger charge is -2.38. The van der Waals surface area contributed by atoms with Crippen LogP contribution in [0.5, 0.6) is 0 Å². The fourth-order valence-corrected chi connectivity index (χ4v) is 6.00. The lowest BCUT2D eigenvalue weighted by atomic mass is 9.67. The maximum absolute atomic E-state index is 12.8. The predicted octanol–water partition coefficient (Wildman–Crippen LogP) is 2.31. The van der Waals surface area contributed by atoms with E-state index in [2.05, 4.69) is 63.3 Å². The number of anilines is 1. The molecule has 0 bridgehead atoms. The molecule has 2 aliphatic rings. The Kier molecular flexibility index (Phi) is 4.60. The number of nitrogens with one attached hydrogen (secondary N) is 1. The third-order valence-electron chi connectivity index (χ3n) is 7.14. The Morgan fingerprint density at radius 3 is 2.77 bits per heavy atom. The number of aromatic nitrogens is 4. The van der Waals surface area contributed by atoms with Gasteiger partial charge >= 0.3 is 5.69 Å². The SMILES string of the molecule is CCC(c1cnc2c(n1)c(=O)n(C)c(=O)n2C)C12CCN(C)C1Nc1cc(Br)ccc12. The van der Waals surface area contributed by atoms with E-state index in [0.717, 1.165) is 39.8 Å². The third-order valence-corrected chi connectivity index (χ3v) is 7.63. The van der Waals surface area contributed by atoms with Crippen LogP contribution in [-0.4, -0.2) is 43.8 Å². The van der Waals surface area contributed by atoms with E-state index in [1.807, 2.05) is 0 Å². The van der Waals surface area contributed by atoms with Crippen LogP contribution < -0.4 is 16.6 Å². The second-order valence-electron chi connectivity index (χ2n) is 8.64. The van der Waals surface area contributed by atoms with E-state index < -0.39 is 11.2 Å². The summed E-state index contributed by atoms with van der Waals surface area (Å²) < 4.78 is 3.51. The molecule has 1 fully saturated rings. The number of likely N-dealkylation sites (tertiary alicyclic amines) is 1. The molecule has 31 heavy (non-hydrogen) atoms. The molecule has 1 saturated heterocycles. The average molecular weight is 485 g/mol. The smallest absolute Gasteiger partial charge is 0.332 e. The van der Waals surface area contributed by atoms with Crippen LogP contribution in [0.4, 0.5) is 5.69 Å². The minimum atomic E-state index is -0.409. The van der Waals surface area contributed by atoms with Gasteiger partial charge in [0.25, 0.3) is 5.56 Å². The summed E-state index contributed by atoms with van der Waals surface area (Å²) in [4.78, 5) is 36.8. The quantitative estimate of drug-likeness (QED) is 0.613. The molecule has 4 heterocycles. The van der Waals surface area contributed by atoms with Crippen LogP contribution in [-0.2, 0) is 19.5 Å². The van der Waals surface area contributed by atoms with Crippen molar-refractivity contribution < 1.29 is 0 Å². The van der Waals surface area contributed by atoms with Gasteiger partial charge < -0.3 is 5.32 Å². The molecule has 0 aliphatic carbocycles. The minimum absolute atomic E-state index is 0.0659. The maximum Gasteiger partial charge on any atom is 0.332 e. The zero-order valence-corrected chi connectivity index (χ0v) is 19.6. The van der Waals surface area contributed by atoms with E-state index in [0.29, 0.717) is 5.65 Å². The van der Waals surface area contributed by atoms with E-state index in [4.69, 9.17) is 4.98 Å². The Morgan fingerprint density at radius 1 is 1.26 bits per heavy atom. The molecule has 8 nitrogen and oxygen atoms in total. The molecule has 2 aliphatic heterocycles. The van der Waals surface area contributed by atoms with Gasteiger partial charge in [-0.1, -0.05) is 28.9 Å². The van der Waals surface area contributed by atoms with E-state index in [-0.39, 0.29) is 23.0 Å². The second-order valence-corrected chi connectivity index (χ2v) is 9.56. The zero-order valence-electron chi connectivity index (χ0n) is 18.0. The molecule has 0 saturated carbocycles. The minimum Gasteiger partial charge on any atom is -0.369 e. The van der Waals surface area contributed by atoms with Gasteiger partial charge in [0.05, 0.1) is 18.1 Å². The molecule has 5 rings (SSSR count). The highest BCUT2D eigenvalue weighted by atomic mass is 79.9. The van der Waals surface area contributed by atoms with Crippen molar-refractivity contribution in [3.8, 4) is 0 Å². The van der Waals surface area contributed by atoms with E-state index in [1.165, 1.54) is 17.2 Å². The van der Waals surface area contributed by atoms with Gasteiger partial charge in [0.1, 0.15) is 0 Å². The van der Waals surface area contributed by atoms with Crippen molar-refractivity contribution >= 4 is 32.8 Å². The zero-order chi connectivity index (χ0) is 22.1. The van der Waals surface area contributed by atoms with Crippen LogP contribution in [0.2, 0.25) is 0 Å². The van der Waals surface area contributed by atoms with Crippen molar-refractivity contribution in [3.63, 3.8) is 0 Å². The van der Waals surface area contributed by atoms with Gasteiger partial charge in [-0.2, -0.15) is 0 Å². The van der Waals surface area contributed by atoms with Crippen molar-refractivity contribution in [2.75, 3.05) is 18.9 Å². The van der Waals surface area contributed by atoms with Crippen molar-refractivity contribution in [2.45, 2.75) is 37.3 Å². The van der Waals surface area contributed by atoms with Gasteiger partial charge in [0.15, 0.2) is 11.2 Å². The first-order chi connectivity index (χ1) is 14.8. The number of halogens is 1. The molecule has 1 aromatic carbocycles. The van der Waals surface area contributed by atoms with Crippen LogP contribution in [0.3, 0.4) is 0 Å². The van der Waals surface area contributed by atoms with Gasteiger partial charge in [0, 0.05) is 42.1 Å². The summed E-state index contributed by atoms with van der Waals surface area (Å²) in [6.07, 6.45) is 3.73. The maximum atomic E-state index is 12.8. The van der Waals surface area contributed by atoms with Gasteiger partial charge in [0.2, 0.25) is 0 Å². The number of hydrogen-bond donors (Lipinski definition) is 1. The molecule has 0 amide bonds. The van der Waals surface area contributed by atoms with Crippen LogP contribution in [0.15, 0.2) is 38.5 Å². The average Bonchev–Trinajstić information content (AvgIpc) is 3.25. The molecule has 3 unspecified atom stereocenters.